The summed E-state index contributed by atoms with van der Waals surface area (Å²) in [6.07, 6.45) is 4.24. The summed E-state index contributed by atoms with van der Waals surface area (Å²) >= 11 is 0. The molecule has 5 rings (SSSR count). The number of amides is 1. The molecular weight excluding hydrogens is 396 g/mol. The molecule has 0 spiro atoms. The summed E-state index contributed by atoms with van der Waals surface area (Å²) in [7, 11) is 1.52. The quantitative estimate of drug-likeness (QED) is 0.656. The second kappa shape index (κ2) is 6.87. The number of nitrogens with zero attached hydrogens (tertiary/aromatic N) is 3. The third-order valence-electron chi connectivity index (χ3n) is 6.54. The maximum atomic E-state index is 13.8. The number of aromatic nitrogens is 2. The van der Waals surface area contributed by atoms with Crippen molar-refractivity contribution in [2.45, 2.75) is 51.6 Å². The molecule has 0 saturated heterocycles. The Morgan fingerprint density at radius 1 is 1.35 bits per heavy atom. The highest BCUT2D eigenvalue weighted by Gasteiger charge is 2.39. The number of rotatable bonds is 4. The van der Waals surface area contributed by atoms with Gasteiger partial charge in [0.05, 0.1) is 24.1 Å². The topological polar surface area (TPSA) is 101 Å². The van der Waals surface area contributed by atoms with Gasteiger partial charge in [-0.2, -0.15) is 0 Å². The summed E-state index contributed by atoms with van der Waals surface area (Å²) in [5, 5.41) is 14.2. The zero-order chi connectivity index (χ0) is 21.9. The molecule has 3 heterocycles. The number of aromatic hydroxyl groups is 1. The van der Waals surface area contributed by atoms with Crippen LogP contribution in [-0.4, -0.2) is 45.1 Å². The largest absolute Gasteiger partial charge is 0.504 e. The van der Waals surface area contributed by atoms with E-state index in [2.05, 4.69) is 22.2 Å². The van der Waals surface area contributed by atoms with Gasteiger partial charge in [0.25, 0.3) is 5.91 Å². The van der Waals surface area contributed by atoms with E-state index in [1.165, 1.54) is 13.4 Å². The fourth-order valence-electron chi connectivity index (χ4n) is 4.41. The Morgan fingerprint density at radius 3 is 2.84 bits per heavy atom. The van der Waals surface area contributed by atoms with Gasteiger partial charge in [0.2, 0.25) is 5.71 Å². The third kappa shape index (κ3) is 3.17. The number of phenols is 1. The molecule has 0 radical (unpaired) electrons. The van der Waals surface area contributed by atoms with Crippen molar-refractivity contribution in [1.82, 2.24) is 14.9 Å². The fraction of sp³-hybridized carbons (Fsp3) is 0.435. The Hall–Kier alpha value is -3.29. The van der Waals surface area contributed by atoms with Crippen molar-refractivity contribution in [2.75, 3.05) is 19.0 Å². The SMILES string of the molecule is COc1cc2c(cc1O)CCN(C(=O)c1c(C)oc3ncnc(NC4(C)CC4)c13)C2C. The van der Waals surface area contributed by atoms with E-state index in [0.717, 1.165) is 24.0 Å². The van der Waals surface area contributed by atoms with Crippen LogP contribution in [0.25, 0.3) is 11.1 Å². The number of methoxy groups -OCH3 is 1. The van der Waals surface area contributed by atoms with Gasteiger partial charge in [0, 0.05) is 12.1 Å². The minimum Gasteiger partial charge on any atom is -0.504 e. The van der Waals surface area contributed by atoms with Crippen molar-refractivity contribution in [2.24, 2.45) is 0 Å². The molecule has 1 amide bonds. The number of carbonyl (C=O) groups excluding carboxylic acids is 1. The van der Waals surface area contributed by atoms with Crippen molar-refractivity contribution in [3.8, 4) is 11.5 Å². The summed E-state index contributed by atoms with van der Waals surface area (Å²) in [4.78, 5) is 24.3. The molecular formula is C23H26N4O4. The van der Waals surface area contributed by atoms with Crippen LogP contribution in [0.1, 0.15) is 60.0 Å². The number of carbonyl (C=O) groups is 1. The molecule has 1 atom stereocenters. The van der Waals surface area contributed by atoms with E-state index in [-0.39, 0.29) is 23.2 Å². The Labute approximate surface area is 180 Å². The standard InChI is InChI=1S/C23H26N4O4/c1-12-15-10-17(30-4)16(28)9-14(15)5-8-27(12)22(29)18-13(2)31-21-19(18)20(24-11-25-21)26-23(3)6-7-23/h9-12,28H,5-8H2,1-4H3,(H,24,25,26). The second-order valence-corrected chi connectivity index (χ2v) is 8.77. The molecule has 2 aliphatic rings. The van der Waals surface area contributed by atoms with E-state index in [1.54, 1.807) is 13.0 Å². The lowest BCUT2D eigenvalue weighted by atomic mass is 9.92. The molecule has 8 heteroatoms. The maximum Gasteiger partial charge on any atom is 0.258 e. The smallest absolute Gasteiger partial charge is 0.258 e. The van der Waals surface area contributed by atoms with Crippen LogP contribution in [-0.2, 0) is 6.42 Å². The molecule has 1 fully saturated rings. The summed E-state index contributed by atoms with van der Waals surface area (Å²) < 4.78 is 11.1. The number of furan rings is 1. The van der Waals surface area contributed by atoms with Gasteiger partial charge >= 0.3 is 0 Å². The van der Waals surface area contributed by atoms with Crippen molar-refractivity contribution in [1.29, 1.82) is 0 Å². The van der Waals surface area contributed by atoms with Crippen molar-refractivity contribution in [3.63, 3.8) is 0 Å². The Bertz CT molecular complexity index is 1200. The minimum atomic E-state index is -0.183. The van der Waals surface area contributed by atoms with Crippen molar-refractivity contribution < 1.29 is 19.1 Å². The first-order valence-corrected chi connectivity index (χ1v) is 10.5. The molecule has 1 aromatic carbocycles. The van der Waals surface area contributed by atoms with Gasteiger partial charge in [-0.3, -0.25) is 4.79 Å². The molecule has 3 aromatic rings. The zero-order valence-corrected chi connectivity index (χ0v) is 18.2. The molecule has 2 aromatic heterocycles. The van der Waals surface area contributed by atoms with Gasteiger partial charge in [-0.25, -0.2) is 9.97 Å². The van der Waals surface area contributed by atoms with E-state index in [9.17, 15) is 9.90 Å². The number of aryl methyl sites for hydroxylation is 1. The van der Waals surface area contributed by atoms with E-state index in [1.807, 2.05) is 17.9 Å². The van der Waals surface area contributed by atoms with Gasteiger partial charge in [-0.05, 0) is 63.3 Å². The van der Waals surface area contributed by atoms with Gasteiger partial charge in [-0.15, -0.1) is 0 Å². The van der Waals surface area contributed by atoms with E-state index < -0.39 is 0 Å². The van der Waals surface area contributed by atoms with Crippen LogP contribution in [0.3, 0.4) is 0 Å². The number of ether oxygens (including phenoxy) is 1. The van der Waals surface area contributed by atoms with Crippen LogP contribution >= 0.6 is 0 Å². The van der Waals surface area contributed by atoms with Gasteiger partial charge < -0.3 is 24.5 Å². The fourth-order valence-corrected chi connectivity index (χ4v) is 4.41. The first kappa shape index (κ1) is 19.7. The second-order valence-electron chi connectivity index (χ2n) is 8.77. The normalized spacial score (nSPS) is 19.2. The van der Waals surface area contributed by atoms with Crippen LogP contribution in [0, 0.1) is 6.92 Å². The minimum absolute atomic E-state index is 0.00267. The Morgan fingerprint density at radius 2 is 2.13 bits per heavy atom. The molecule has 1 saturated carbocycles. The number of phenolic OH excluding ortho intramolecular Hbond substituents is 1. The van der Waals surface area contributed by atoms with E-state index in [4.69, 9.17) is 9.15 Å². The van der Waals surface area contributed by atoms with E-state index in [0.29, 0.717) is 47.0 Å². The van der Waals surface area contributed by atoms with Crippen LogP contribution in [0.5, 0.6) is 11.5 Å². The van der Waals surface area contributed by atoms with Crippen LogP contribution in [0.15, 0.2) is 22.9 Å². The molecule has 8 nitrogen and oxygen atoms in total. The van der Waals surface area contributed by atoms with Crippen LogP contribution in [0.2, 0.25) is 0 Å². The van der Waals surface area contributed by atoms with Crippen LogP contribution in [0.4, 0.5) is 5.82 Å². The predicted octanol–water partition coefficient (Wildman–Crippen LogP) is 3.97. The first-order valence-electron chi connectivity index (χ1n) is 10.5. The highest BCUT2D eigenvalue weighted by atomic mass is 16.5. The number of anilines is 1. The summed E-state index contributed by atoms with van der Waals surface area (Å²) in [6.45, 7) is 6.47. The average Bonchev–Trinajstić information content (AvgIpc) is 3.35. The summed E-state index contributed by atoms with van der Waals surface area (Å²) in [6, 6.07) is 3.37. The molecule has 1 aliphatic carbocycles. The number of fused-ring (bicyclic) bond motifs is 2. The Kier molecular flexibility index (Phi) is 4.35. The highest BCUT2D eigenvalue weighted by Crippen LogP contribution is 2.42. The third-order valence-corrected chi connectivity index (χ3v) is 6.54. The summed E-state index contributed by atoms with van der Waals surface area (Å²) in [5.74, 6) is 1.58. The molecule has 31 heavy (non-hydrogen) atoms. The van der Waals surface area contributed by atoms with Crippen molar-refractivity contribution in [3.05, 3.63) is 40.9 Å². The maximum absolute atomic E-state index is 13.8. The first-order chi connectivity index (χ1) is 14.8. The molecule has 1 unspecified atom stereocenters. The monoisotopic (exact) mass is 422 g/mol. The van der Waals surface area contributed by atoms with Crippen molar-refractivity contribution >= 4 is 22.8 Å². The van der Waals surface area contributed by atoms with Gasteiger partial charge in [0.15, 0.2) is 11.5 Å². The summed E-state index contributed by atoms with van der Waals surface area (Å²) in [5.41, 5.74) is 2.92. The van der Waals surface area contributed by atoms with E-state index >= 15 is 0 Å². The lowest BCUT2D eigenvalue weighted by Crippen LogP contribution is -2.39. The highest BCUT2D eigenvalue weighted by molar-refractivity contribution is 6.10. The number of hydrogen-bond acceptors (Lipinski definition) is 7. The van der Waals surface area contributed by atoms with Crippen LogP contribution < -0.4 is 10.1 Å². The molecule has 0 bridgehead atoms. The number of hydrogen-bond donors (Lipinski definition) is 2. The zero-order valence-electron chi connectivity index (χ0n) is 18.2. The molecule has 162 valence electrons. The molecule has 1 aliphatic heterocycles. The Balaban J connectivity index is 1.55. The average molecular weight is 422 g/mol. The van der Waals surface area contributed by atoms with Gasteiger partial charge in [-0.1, -0.05) is 0 Å². The lowest BCUT2D eigenvalue weighted by Gasteiger charge is -2.35. The lowest BCUT2D eigenvalue weighted by molar-refractivity contribution is 0.0677. The molecule has 2 N–H and O–H groups in total. The number of benzene rings is 1. The van der Waals surface area contributed by atoms with Gasteiger partial charge in [0.1, 0.15) is 17.9 Å². The predicted molar refractivity (Wildman–Crippen MR) is 116 cm³/mol. The number of nitrogens with one attached hydrogen (secondary N) is 1.